The summed E-state index contributed by atoms with van der Waals surface area (Å²) in [6, 6.07) is 10.4. The molecule has 3 heteroatoms. The molecule has 0 aliphatic heterocycles. The van der Waals surface area contributed by atoms with Gasteiger partial charge < -0.3 is 5.73 Å². The van der Waals surface area contributed by atoms with Gasteiger partial charge in [-0.05, 0) is 18.4 Å². The van der Waals surface area contributed by atoms with Crippen molar-refractivity contribution >= 4 is 0 Å². The van der Waals surface area contributed by atoms with E-state index in [4.69, 9.17) is 5.73 Å². The van der Waals surface area contributed by atoms with Gasteiger partial charge in [0, 0.05) is 24.0 Å². The van der Waals surface area contributed by atoms with Crippen molar-refractivity contribution in [1.82, 2.24) is 9.97 Å². The summed E-state index contributed by atoms with van der Waals surface area (Å²) in [6.45, 7) is 0. The van der Waals surface area contributed by atoms with E-state index in [1.54, 1.807) is 18.6 Å². The van der Waals surface area contributed by atoms with Gasteiger partial charge in [0.1, 0.15) is 0 Å². The summed E-state index contributed by atoms with van der Waals surface area (Å²) in [5, 5.41) is 0. The van der Waals surface area contributed by atoms with Crippen LogP contribution in [0.2, 0.25) is 0 Å². The molecule has 3 rings (SSSR count). The highest BCUT2D eigenvalue weighted by molar-refractivity contribution is 5.35. The molecule has 0 radical (unpaired) electrons. The van der Waals surface area contributed by atoms with Crippen molar-refractivity contribution in [2.24, 2.45) is 5.73 Å². The maximum absolute atomic E-state index is 6.36. The summed E-state index contributed by atoms with van der Waals surface area (Å²) in [6.07, 6.45) is 7.42. The molecule has 1 fully saturated rings. The smallest absolute Gasteiger partial charge is 0.0762 e. The van der Waals surface area contributed by atoms with Gasteiger partial charge in [0.25, 0.3) is 0 Å². The number of aromatic nitrogens is 2. The monoisotopic (exact) mass is 225 g/mol. The van der Waals surface area contributed by atoms with E-state index >= 15 is 0 Å². The second-order valence-corrected chi connectivity index (χ2v) is 4.63. The van der Waals surface area contributed by atoms with Gasteiger partial charge in [-0.2, -0.15) is 0 Å². The lowest BCUT2D eigenvalue weighted by atomic mass is 9.87. The third-order valence-electron chi connectivity index (χ3n) is 3.63. The summed E-state index contributed by atoms with van der Waals surface area (Å²) in [5.41, 5.74) is 8.65. The van der Waals surface area contributed by atoms with Crippen LogP contribution in [0.1, 0.15) is 30.1 Å². The van der Waals surface area contributed by atoms with E-state index in [0.717, 1.165) is 18.5 Å². The molecule has 1 aromatic heterocycles. The van der Waals surface area contributed by atoms with Crippen LogP contribution in [0.4, 0.5) is 0 Å². The van der Waals surface area contributed by atoms with Crippen LogP contribution in [0, 0.1) is 0 Å². The van der Waals surface area contributed by atoms with Gasteiger partial charge >= 0.3 is 0 Å². The van der Waals surface area contributed by atoms with E-state index in [1.165, 1.54) is 5.56 Å². The number of nitrogens with zero attached hydrogens (tertiary/aromatic N) is 2. The molecule has 1 unspecified atom stereocenters. The summed E-state index contributed by atoms with van der Waals surface area (Å²) in [5.74, 6) is 0. The first-order chi connectivity index (χ1) is 8.33. The first kappa shape index (κ1) is 10.4. The molecule has 0 spiro atoms. The zero-order chi connectivity index (χ0) is 11.7. The molecule has 1 heterocycles. The van der Waals surface area contributed by atoms with Gasteiger partial charge in [0.15, 0.2) is 0 Å². The van der Waals surface area contributed by atoms with Crippen LogP contribution >= 0.6 is 0 Å². The van der Waals surface area contributed by atoms with Crippen molar-refractivity contribution in [2.75, 3.05) is 0 Å². The number of nitrogens with two attached hydrogens (primary N) is 1. The van der Waals surface area contributed by atoms with Gasteiger partial charge in [-0.25, -0.2) is 0 Å². The van der Waals surface area contributed by atoms with Crippen LogP contribution in [-0.2, 0) is 5.41 Å². The SMILES string of the molecule is NC(c1cnccn1)C1(c2ccccc2)CC1. The standard InChI is InChI=1S/C14H15N3/c15-13(12-10-16-8-9-17-12)14(6-7-14)11-4-2-1-3-5-11/h1-5,8-10,13H,6-7,15H2. The lowest BCUT2D eigenvalue weighted by molar-refractivity contribution is 0.527. The Morgan fingerprint density at radius 1 is 1.12 bits per heavy atom. The lowest BCUT2D eigenvalue weighted by Crippen LogP contribution is -2.27. The van der Waals surface area contributed by atoms with E-state index in [0.29, 0.717) is 0 Å². The largest absolute Gasteiger partial charge is 0.322 e. The molecule has 0 bridgehead atoms. The summed E-state index contributed by atoms with van der Waals surface area (Å²) in [4.78, 5) is 8.42. The highest BCUT2D eigenvalue weighted by atomic mass is 14.9. The minimum absolute atomic E-state index is 0.0569. The molecule has 1 aliphatic carbocycles. The van der Waals surface area contributed by atoms with Crippen LogP contribution in [0.3, 0.4) is 0 Å². The quantitative estimate of drug-likeness (QED) is 0.871. The Bertz CT molecular complexity index is 491. The minimum atomic E-state index is -0.0569. The number of rotatable bonds is 3. The second kappa shape index (κ2) is 3.93. The van der Waals surface area contributed by atoms with E-state index < -0.39 is 0 Å². The average molecular weight is 225 g/mol. The van der Waals surface area contributed by atoms with Gasteiger partial charge in [-0.1, -0.05) is 30.3 Å². The maximum atomic E-state index is 6.36. The van der Waals surface area contributed by atoms with Crippen LogP contribution in [0.5, 0.6) is 0 Å². The highest BCUT2D eigenvalue weighted by Crippen LogP contribution is 2.55. The van der Waals surface area contributed by atoms with Gasteiger partial charge in [0.05, 0.1) is 11.7 Å². The molecule has 2 N–H and O–H groups in total. The van der Waals surface area contributed by atoms with E-state index in [1.807, 2.05) is 6.07 Å². The van der Waals surface area contributed by atoms with E-state index in [2.05, 4.69) is 34.2 Å². The predicted octanol–water partition coefficient (Wildman–Crippen LogP) is 2.21. The number of hydrogen-bond donors (Lipinski definition) is 1. The molecule has 0 amide bonds. The second-order valence-electron chi connectivity index (χ2n) is 4.63. The molecule has 3 nitrogen and oxygen atoms in total. The summed E-state index contributed by atoms with van der Waals surface area (Å²) >= 11 is 0. The van der Waals surface area contributed by atoms with E-state index in [9.17, 15) is 0 Å². The van der Waals surface area contributed by atoms with Crippen molar-refractivity contribution in [2.45, 2.75) is 24.3 Å². The van der Waals surface area contributed by atoms with Gasteiger partial charge in [-0.15, -0.1) is 0 Å². The third kappa shape index (κ3) is 1.72. The number of benzene rings is 1. The molecule has 1 saturated carbocycles. The Balaban J connectivity index is 1.95. The van der Waals surface area contributed by atoms with Crippen molar-refractivity contribution in [3.05, 3.63) is 60.2 Å². The molecule has 86 valence electrons. The lowest BCUT2D eigenvalue weighted by Gasteiger charge is -2.23. The fourth-order valence-corrected chi connectivity index (χ4v) is 2.44. The van der Waals surface area contributed by atoms with Gasteiger partial charge in [-0.3, -0.25) is 9.97 Å². The van der Waals surface area contributed by atoms with Crippen molar-refractivity contribution in [3.8, 4) is 0 Å². The normalized spacial score (nSPS) is 18.6. The maximum Gasteiger partial charge on any atom is 0.0762 e. The topological polar surface area (TPSA) is 51.8 Å². The molecule has 1 atom stereocenters. The first-order valence-corrected chi connectivity index (χ1v) is 5.90. The van der Waals surface area contributed by atoms with Crippen LogP contribution in [-0.4, -0.2) is 9.97 Å². The average Bonchev–Trinajstić information content (AvgIpc) is 3.21. The molecule has 2 aromatic rings. The Morgan fingerprint density at radius 3 is 2.47 bits per heavy atom. The Hall–Kier alpha value is -1.74. The predicted molar refractivity (Wildman–Crippen MR) is 66.3 cm³/mol. The fourth-order valence-electron chi connectivity index (χ4n) is 2.44. The Morgan fingerprint density at radius 2 is 1.88 bits per heavy atom. The zero-order valence-electron chi connectivity index (χ0n) is 9.58. The Labute approximate surface area is 101 Å². The highest BCUT2D eigenvalue weighted by Gasteiger charge is 2.50. The molecule has 1 aliphatic rings. The summed E-state index contributed by atoms with van der Waals surface area (Å²) in [7, 11) is 0. The fraction of sp³-hybridized carbons (Fsp3) is 0.286. The molecule has 1 aromatic carbocycles. The van der Waals surface area contributed by atoms with Crippen molar-refractivity contribution in [3.63, 3.8) is 0 Å². The van der Waals surface area contributed by atoms with Crippen molar-refractivity contribution in [1.29, 1.82) is 0 Å². The third-order valence-corrected chi connectivity index (χ3v) is 3.63. The number of hydrogen-bond acceptors (Lipinski definition) is 3. The molecule has 0 saturated heterocycles. The zero-order valence-corrected chi connectivity index (χ0v) is 9.58. The van der Waals surface area contributed by atoms with Crippen LogP contribution < -0.4 is 5.73 Å². The minimum Gasteiger partial charge on any atom is -0.322 e. The molecular weight excluding hydrogens is 210 g/mol. The molecule has 17 heavy (non-hydrogen) atoms. The molecular formula is C14H15N3. The van der Waals surface area contributed by atoms with E-state index in [-0.39, 0.29) is 11.5 Å². The van der Waals surface area contributed by atoms with Gasteiger partial charge in [0.2, 0.25) is 0 Å². The van der Waals surface area contributed by atoms with Crippen LogP contribution in [0.15, 0.2) is 48.9 Å². The Kier molecular flexibility index (Phi) is 2.41. The summed E-state index contributed by atoms with van der Waals surface area (Å²) < 4.78 is 0. The first-order valence-electron chi connectivity index (χ1n) is 5.90. The van der Waals surface area contributed by atoms with Crippen molar-refractivity contribution < 1.29 is 0 Å². The van der Waals surface area contributed by atoms with Crippen LogP contribution in [0.25, 0.3) is 0 Å².